The van der Waals surface area contributed by atoms with Crippen molar-refractivity contribution in [3.63, 3.8) is 0 Å². The Hall–Kier alpha value is -0.810. The van der Waals surface area contributed by atoms with Crippen molar-refractivity contribution < 1.29 is 9.53 Å². The van der Waals surface area contributed by atoms with Gasteiger partial charge in [-0.3, -0.25) is 9.78 Å². The summed E-state index contributed by atoms with van der Waals surface area (Å²) >= 11 is 6.90. The van der Waals surface area contributed by atoms with Crippen LogP contribution >= 0.6 is 23.4 Å². The van der Waals surface area contributed by atoms with Crippen LogP contribution in [-0.2, 0) is 9.53 Å². The molecule has 0 aliphatic rings. The number of ether oxygens (including phenoxy) is 1. The maximum atomic E-state index is 11.1. The number of carbonyl (C=O) groups excluding carboxylic acids is 1. The van der Waals surface area contributed by atoms with E-state index in [2.05, 4.69) is 9.97 Å². The van der Waals surface area contributed by atoms with Crippen molar-refractivity contribution in [1.29, 1.82) is 0 Å². The zero-order valence-corrected chi connectivity index (χ0v) is 9.85. The van der Waals surface area contributed by atoms with Crippen molar-refractivity contribution in [3.05, 3.63) is 17.5 Å². The molecular weight excluding hydrogens is 236 g/mol. The first-order valence-corrected chi connectivity index (χ1v) is 5.84. The average molecular weight is 247 g/mol. The van der Waals surface area contributed by atoms with E-state index in [-0.39, 0.29) is 11.7 Å². The fourth-order valence-corrected chi connectivity index (χ4v) is 1.63. The number of carbonyl (C=O) groups is 1. The molecule has 0 bridgehead atoms. The third-order valence-corrected chi connectivity index (χ3v) is 2.44. The maximum absolute atomic E-state index is 11.1. The number of hydrogen-bond acceptors (Lipinski definition) is 5. The molecule has 0 N–H and O–H groups in total. The van der Waals surface area contributed by atoms with E-state index < -0.39 is 0 Å². The van der Waals surface area contributed by atoms with E-state index in [1.165, 1.54) is 18.0 Å². The minimum atomic E-state index is -0.247. The third-order valence-electron chi connectivity index (χ3n) is 1.39. The van der Waals surface area contributed by atoms with Gasteiger partial charge in [0.25, 0.3) is 0 Å². The number of aromatic nitrogens is 2. The molecule has 0 atom stereocenters. The Morgan fingerprint density at radius 2 is 2.40 bits per heavy atom. The molecule has 0 aromatic carbocycles. The van der Waals surface area contributed by atoms with Crippen molar-refractivity contribution >= 4 is 29.3 Å². The van der Waals surface area contributed by atoms with E-state index >= 15 is 0 Å². The highest BCUT2D eigenvalue weighted by Gasteiger charge is 2.05. The van der Waals surface area contributed by atoms with Gasteiger partial charge in [-0.05, 0) is 6.42 Å². The summed E-state index contributed by atoms with van der Waals surface area (Å²) in [7, 11) is 0. The minimum Gasteiger partial charge on any atom is -0.465 e. The topological polar surface area (TPSA) is 52.1 Å². The monoisotopic (exact) mass is 246 g/mol. The van der Waals surface area contributed by atoms with Crippen molar-refractivity contribution in [2.45, 2.75) is 18.4 Å². The van der Waals surface area contributed by atoms with Gasteiger partial charge in [-0.2, -0.15) is 0 Å². The Morgan fingerprint density at radius 1 is 1.60 bits per heavy atom. The van der Waals surface area contributed by atoms with Crippen LogP contribution < -0.4 is 0 Å². The van der Waals surface area contributed by atoms with Gasteiger partial charge in [0.2, 0.25) is 0 Å². The van der Waals surface area contributed by atoms with E-state index in [0.717, 1.165) is 6.42 Å². The number of rotatable bonds is 5. The van der Waals surface area contributed by atoms with Gasteiger partial charge < -0.3 is 4.74 Å². The van der Waals surface area contributed by atoms with Crippen molar-refractivity contribution in [3.8, 4) is 0 Å². The van der Waals surface area contributed by atoms with E-state index in [0.29, 0.717) is 16.8 Å². The van der Waals surface area contributed by atoms with Gasteiger partial charge in [0.1, 0.15) is 10.2 Å². The Bertz CT molecular complexity index is 336. The molecule has 1 aromatic heterocycles. The molecule has 0 fully saturated rings. The SMILES string of the molecule is CCCOC(=O)CSc1cncc(Cl)n1. The average Bonchev–Trinajstić information content (AvgIpc) is 2.23. The molecule has 1 heterocycles. The lowest BCUT2D eigenvalue weighted by Crippen LogP contribution is -2.07. The predicted molar refractivity (Wildman–Crippen MR) is 59.0 cm³/mol. The van der Waals surface area contributed by atoms with E-state index in [9.17, 15) is 4.79 Å². The molecule has 0 saturated heterocycles. The Labute approximate surface area is 97.4 Å². The summed E-state index contributed by atoms with van der Waals surface area (Å²) in [5.74, 6) is -0.0155. The van der Waals surface area contributed by atoms with Crippen LogP contribution in [0.3, 0.4) is 0 Å². The van der Waals surface area contributed by atoms with Crippen LogP contribution in [0.5, 0.6) is 0 Å². The second-order valence-corrected chi connectivity index (χ2v) is 4.07. The molecule has 0 spiro atoms. The first-order chi connectivity index (χ1) is 7.22. The van der Waals surface area contributed by atoms with Crippen LogP contribution in [0.2, 0.25) is 5.15 Å². The molecule has 1 aromatic rings. The largest absolute Gasteiger partial charge is 0.465 e. The summed E-state index contributed by atoms with van der Waals surface area (Å²) in [6.45, 7) is 2.41. The molecule has 15 heavy (non-hydrogen) atoms. The lowest BCUT2D eigenvalue weighted by atomic mass is 10.5. The smallest absolute Gasteiger partial charge is 0.316 e. The third kappa shape index (κ3) is 4.99. The molecule has 0 radical (unpaired) electrons. The number of nitrogens with zero attached hydrogens (tertiary/aromatic N) is 2. The minimum absolute atomic E-state index is 0.231. The van der Waals surface area contributed by atoms with Crippen molar-refractivity contribution in [2.24, 2.45) is 0 Å². The Kier molecular flexibility index (Phi) is 5.42. The van der Waals surface area contributed by atoms with Gasteiger partial charge >= 0.3 is 5.97 Å². The number of hydrogen-bond donors (Lipinski definition) is 0. The van der Waals surface area contributed by atoms with Crippen LogP contribution in [0, 0.1) is 0 Å². The lowest BCUT2D eigenvalue weighted by molar-refractivity contribution is -0.140. The highest BCUT2D eigenvalue weighted by atomic mass is 35.5. The molecule has 6 heteroatoms. The van der Waals surface area contributed by atoms with Gasteiger partial charge in [-0.1, -0.05) is 30.3 Å². The number of halogens is 1. The van der Waals surface area contributed by atoms with Crippen LogP contribution in [0.15, 0.2) is 17.4 Å². The van der Waals surface area contributed by atoms with Gasteiger partial charge in [0, 0.05) is 0 Å². The predicted octanol–water partition coefficient (Wildman–Crippen LogP) is 2.18. The lowest BCUT2D eigenvalue weighted by Gasteiger charge is -2.02. The summed E-state index contributed by atoms with van der Waals surface area (Å²) < 4.78 is 4.90. The Balaban J connectivity index is 2.33. The van der Waals surface area contributed by atoms with Gasteiger partial charge in [-0.15, -0.1) is 0 Å². The van der Waals surface area contributed by atoms with Crippen LogP contribution in [0.25, 0.3) is 0 Å². The van der Waals surface area contributed by atoms with Gasteiger partial charge in [-0.25, -0.2) is 4.98 Å². The fourth-order valence-electron chi connectivity index (χ4n) is 0.786. The van der Waals surface area contributed by atoms with E-state index in [1.807, 2.05) is 6.92 Å². The molecule has 0 amide bonds. The van der Waals surface area contributed by atoms with Crippen LogP contribution in [-0.4, -0.2) is 28.3 Å². The van der Waals surface area contributed by atoms with Crippen LogP contribution in [0.1, 0.15) is 13.3 Å². The summed E-state index contributed by atoms with van der Waals surface area (Å²) in [4.78, 5) is 19.0. The van der Waals surface area contributed by atoms with E-state index in [4.69, 9.17) is 16.3 Å². The van der Waals surface area contributed by atoms with Gasteiger partial charge in [0.15, 0.2) is 0 Å². The van der Waals surface area contributed by atoms with E-state index in [1.54, 1.807) is 6.20 Å². The summed E-state index contributed by atoms with van der Waals surface area (Å²) in [5, 5.41) is 0.942. The van der Waals surface area contributed by atoms with Crippen molar-refractivity contribution in [1.82, 2.24) is 9.97 Å². The Morgan fingerprint density at radius 3 is 3.07 bits per heavy atom. The molecule has 0 saturated carbocycles. The van der Waals surface area contributed by atoms with Gasteiger partial charge in [0.05, 0.1) is 24.8 Å². The molecule has 82 valence electrons. The highest BCUT2D eigenvalue weighted by molar-refractivity contribution is 7.99. The second kappa shape index (κ2) is 6.63. The summed E-state index contributed by atoms with van der Waals surface area (Å²) in [6.07, 6.45) is 3.83. The number of thioether (sulfide) groups is 1. The second-order valence-electron chi connectivity index (χ2n) is 2.69. The summed E-state index contributed by atoms with van der Waals surface area (Å²) in [5.41, 5.74) is 0. The highest BCUT2D eigenvalue weighted by Crippen LogP contribution is 2.15. The first-order valence-electron chi connectivity index (χ1n) is 4.48. The standard InChI is InChI=1S/C9H11ClN2O2S/c1-2-3-14-9(13)6-15-8-5-11-4-7(10)12-8/h4-5H,2-3,6H2,1H3. The fraction of sp³-hybridized carbons (Fsp3) is 0.444. The molecule has 1 rings (SSSR count). The molecule has 4 nitrogen and oxygen atoms in total. The number of esters is 1. The first kappa shape index (κ1) is 12.3. The zero-order chi connectivity index (χ0) is 11.1. The van der Waals surface area contributed by atoms with Crippen LogP contribution in [0.4, 0.5) is 0 Å². The van der Waals surface area contributed by atoms with Crippen molar-refractivity contribution in [2.75, 3.05) is 12.4 Å². The molecule has 0 unspecified atom stereocenters. The molecular formula is C9H11ClN2O2S. The maximum Gasteiger partial charge on any atom is 0.316 e. The zero-order valence-electron chi connectivity index (χ0n) is 8.27. The molecule has 0 aliphatic heterocycles. The normalized spacial score (nSPS) is 10.0. The summed E-state index contributed by atoms with van der Waals surface area (Å²) in [6, 6.07) is 0. The quantitative estimate of drug-likeness (QED) is 0.589. The molecule has 0 aliphatic carbocycles.